The molecule has 0 bridgehead atoms. The zero-order chi connectivity index (χ0) is 14.7. The number of aryl methyl sites for hydroxylation is 1. The molecule has 3 rings (SSSR count). The van der Waals surface area contributed by atoms with Crippen LogP contribution >= 0.6 is 11.5 Å². The van der Waals surface area contributed by atoms with E-state index in [2.05, 4.69) is 32.1 Å². The van der Waals surface area contributed by atoms with Gasteiger partial charge < -0.3 is 5.32 Å². The lowest BCUT2D eigenvalue weighted by molar-refractivity contribution is 0.596. The van der Waals surface area contributed by atoms with E-state index in [1.807, 2.05) is 41.9 Å². The summed E-state index contributed by atoms with van der Waals surface area (Å²) in [7, 11) is 0. The highest BCUT2D eigenvalue weighted by Gasteiger charge is 2.23. The van der Waals surface area contributed by atoms with Crippen LogP contribution in [0.25, 0.3) is 5.69 Å². The molecule has 6 nitrogen and oxygen atoms in total. The molecule has 1 atom stereocenters. The van der Waals surface area contributed by atoms with Gasteiger partial charge in [-0.1, -0.05) is 34.8 Å². The molecule has 0 aliphatic rings. The molecule has 2 aromatic heterocycles. The van der Waals surface area contributed by atoms with E-state index in [9.17, 15) is 0 Å². The van der Waals surface area contributed by atoms with Crippen molar-refractivity contribution in [2.75, 3.05) is 6.54 Å². The molecule has 0 radical (unpaired) electrons. The van der Waals surface area contributed by atoms with Gasteiger partial charge in [-0.05, 0) is 37.1 Å². The molecule has 1 aromatic carbocycles. The second-order valence-electron chi connectivity index (χ2n) is 4.62. The number of hydrogen-bond donors (Lipinski definition) is 1. The van der Waals surface area contributed by atoms with Gasteiger partial charge in [0, 0.05) is 0 Å². The molecule has 2 heterocycles. The molecule has 3 aromatic rings. The van der Waals surface area contributed by atoms with E-state index >= 15 is 0 Å². The monoisotopic (exact) mass is 300 g/mol. The Hall–Kier alpha value is -2.12. The molecule has 0 saturated heterocycles. The van der Waals surface area contributed by atoms with E-state index in [0.29, 0.717) is 0 Å². The van der Waals surface area contributed by atoms with Gasteiger partial charge in [0.05, 0.1) is 34.2 Å². The number of para-hydroxylation sites is 1. The predicted molar refractivity (Wildman–Crippen MR) is 81.5 cm³/mol. The number of rotatable bonds is 5. The summed E-state index contributed by atoms with van der Waals surface area (Å²) in [4.78, 5) is 1.09. The Kier molecular flexibility index (Phi) is 4.03. The lowest BCUT2D eigenvalue weighted by atomic mass is 10.1. The Morgan fingerprint density at radius 3 is 2.76 bits per heavy atom. The SMILES string of the molecule is CCNC(c1snnc1C)c1cnnn1-c1ccccc1. The second-order valence-corrected chi connectivity index (χ2v) is 5.41. The largest absolute Gasteiger partial charge is 0.304 e. The summed E-state index contributed by atoms with van der Waals surface area (Å²) in [6.07, 6.45) is 1.79. The third-order valence-electron chi connectivity index (χ3n) is 3.23. The fourth-order valence-electron chi connectivity index (χ4n) is 2.25. The van der Waals surface area contributed by atoms with E-state index in [-0.39, 0.29) is 6.04 Å². The van der Waals surface area contributed by atoms with Crippen molar-refractivity contribution in [3.63, 3.8) is 0 Å². The minimum absolute atomic E-state index is 0.00907. The summed E-state index contributed by atoms with van der Waals surface area (Å²) in [5, 5.41) is 15.9. The second kappa shape index (κ2) is 6.11. The first kappa shape index (κ1) is 13.8. The fraction of sp³-hybridized carbons (Fsp3) is 0.286. The standard InChI is InChI=1S/C14H16N6S/c1-3-15-13(14-10(2)17-19-21-14)12-9-16-18-20(12)11-7-5-4-6-8-11/h4-9,13,15H,3H2,1-2H3. The normalized spacial score (nSPS) is 12.5. The van der Waals surface area contributed by atoms with E-state index < -0.39 is 0 Å². The van der Waals surface area contributed by atoms with Crippen molar-refractivity contribution in [2.45, 2.75) is 19.9 Å². The molecular formula is C14H16N6S. The van der Waals surface area contributed by atoms with Gasteiger partial charge in [0.1, 0.15) is 0 Å². The van der Waals surface area contributed by atoms with Crippen LogP contribution in [0.5, 0.6) is 0 Å². The van der Waals surface area contributed by atoms with Crippen LogP contribution < -0.4 is 5.32 Å². The first-order valence-corrected chi connectivity index (χ1v) is 7.57. The van der Waals surface area contributed by atoms with Crippen molar-refractivity contribution in [3.05, 3.63) is 52.8 Å². The van der Waals surface area contributed by atoms with Crippen molar-refractivity contribution < 1.29 is 0 Å². The van der Waals surface area contributed by atoms with Gasteiger partial charge in [-0.2, -0.15) is 0 Å². The van der Waals surface area contributed by atoms with Crippen LogP contribution in [0.3, 0.4) is 0 Å². The minimum atomic E-state index is -0.00907. The van der Waals surface area contributed by atoms with Crippen LogP contribution in [0.15, 0.2) is 36.5 Å². The Morgan fingerprint density at radius 1 is 1.29 bits per heavy atom. The van der Waals surface area contributed by atoms with Crippen molar-refractivity contribution in [3.8, 4) is 5.69 Å². The maximum Gasteiger partial charge on any atom is 0.0898 e. The van der Waals surface area contributed by atoms with Crippen molar-refractivity contribution in [1.29, 1.82) is 0 Å². The van der Waals surface area contributed by atoms with Crippen LogP contribution in [-0.2, 0) is 0 Å². The zero-order valence-corrected chi connectivity index (χ0v) is 12.7. The number of nitrogens with zero attached hydrogens (tertiary/aromatic N) is 5. The average Bonchev–Trinajstić information content (AvgIpc) is 3.15. The van der Waals surface area contributed by atoms with Gasteiger partial charge >= 0.3 is 0 Å². The average molecular weight is 300 g/mol. The van der Waals surface area contributed by atoms with Gasteiger partial charge in [-0.3, -0.25) is 0 Å². The molecule has 7 heteroatoms. The van der Waals surface area contributed by atoms with Crippen LogP contribution in [0.1, 0.15) is 29.2 Å². The molecule has 108 valence electrons. The lowest BCUT2D eigenvalue weighted by Gasteiger charge is -2.17. The number of aromatic nitrogens is 5. The Labute approximate surface area is 127 Å². The van der Waals surface area contributed by atoms with Crippen molar-refractivity contribution >= 4 is 11.5 Å². The first-order valence-electron chi connectivity index (χ1n) is 6.79. The summed E-state index contributed by atoms with van der Waals surface area (Å²) in [5.74, 6) is 0. The third-order valence-corrected chi connectivity index (χ3v) is 4.12. The number of nitrogens with one attached hydrogen (secondary N) is 1. The smallest absolute Gasteiger partial charge is 0.0898 e. The highest BCUT2D eigenvalue weighted by Crippen LogP contribution is 2.27. The quantitative estimate of drug-likeness (QED) is 0.781. The highest BCUT2D eigenvalue weighted by molar-refractivity contribution is 7.05. The zero-order valence-electron chi connectivity index (χ0n) is 11.9. The molecule has 1 unspecified atom stereocenters. The van der Waals surface area contributed by atoms with E-state index in [1.54, 1.807) is 6.20 Å². The molecule has 1 N–H and O–H groups in total. The molecule has 0 spiro atoms. The van der Waals surface area contributed by atoms with Gasteiger partial charge in [-0.25, -0.2) is 4.68 Å². The maximum absolute atomic E-state index is 4.22. The van der Waals surface area contributed by atoms with E-state index in [0.717, 1.165) is 28.5 Å². The molecule has 0 amide bonds. The Morgan fingerprint density at radius 2 is 2.10 bits per heavy atom. The molecular weight excluding hydrogens is 284 g/mol. The van der Waals surface area contributed by atoms with Crippen LogP contribution in [0, 0.1) is 6.92 Å². The van der Waals surface area contributed by atoms with Crippen LogP contribution in [0.4, 0.5) is 0 Å². The summed E-state index contributed by atoms with van der Waals surface area (Å²) in [5.41, 5.74) is 2.91. The number of hydrogen-bond acceptors (Lipinski definition) is 6. The van der Waals surface area contributed by atoms with Crippen LogP contribution in [0.2, 0.25) is 0 Å². The Balaban J connectivity index is 2.06. The lowest BCUT2D eigenvalue weighted by Crippen LogP contribution is -2.24. The summed E-state index contributed by atoms with van der Waals surface area (Å²) in [6.45, 7) is 4.88. The highest BCUT2D eigenvalue weighted by atomic mass is 32.1. The predicted octanol–water partition coefficient (Wildman–Crippen LogP) is 2.13. The van der Waals surface area contributed by atoms with Crippen LogP contribution in [-0.4, -0.2) is 31.1 Å². The molecule has 0 aliphatic heterocycles. The maximum atomic E-state index is 4.22. The molecule has 0 saturated carbocycles. The summed E-state index contributed by atoms with van der Waals surface area (Å²) >= 11 is 1.41. The molecule has 0 fully saturated rings. The van der Waals surface area contributed by atoms with Gasteiger partial charge in [0.15, 0.2) is 0 Å². The van der Waals surface area contributed by atoms with Gasteiger partial charge in [0.2, 0.25) is 0 Å². The first-order chi connectivity index (χ1) is 10.3. The van der Waals surface area contributed by atoms with Crippen molar-refractivity contribution in [1.82, 2.24) is 29.9 Å². The topological polar surface area (TPSA) is 68.5 Å². The Bertz CT molecular complexity index is 705. The van der Waals surface area contributed by atoms with E-state index in [1.165, 1.54) is 11.5 Å². The third kappa shape index (κ3) is 2.70. The minimum Gasteiger partial charge on any atom is -0.304 e. The summed E-state index contributed by atoms with van der Waals surface area (Å²) < 4.78 is 5.89. The molecule has 21 heavy (non-hydrogen) atoms. The summed E-state index contributed by atoms with van der Waals surface area (Å²) in [6, 6.07) is 9.98. The van der Waals surface area contributed by atoms with Gasteiger partial charge in [-0.15, -0.1) is 10.2 Å². The fourth-order valence-corrected chi connectivity index (χ4v) is 2.98. The molecule has 0 aliphatic carbocycles. The van der Waals surface area contributed by atoms with Gasteiger partial charge in [0.25, 0.3) is 0 Å². The van der Waals surface area contributed by atoms with E-state index in [4.69, 9.17) is 0 Å². The van der Waals surface area contributed by atoms with Crippen molar-refractivity contribution in [2.24, 2.45) is 0 Å². The number of benzene rings is 1.